The van der Waals surface area contributed by atoms with Gasteiger partial charge in [0.1, 0.15) is 0 Å². The molecule has 1 aliphatic heterocycles. The molecule has 0 nitrogen and oxygen atoms in total. The zero-order valence-corrected chi connectivity index (χ0v) is 22.5. The second-order valence-corrected chi connectivity index (χ2v) is 13.0. The van der Waals surface area contributed by atoms with Gasteiger partial charge in [0.05, 0.1) is 0 Å². The normalized spacial score (nSPS) is 20.2. The second kappa shape index (κ2) is 10.3. The van der Waals surface area contributed by atoms with Crippen molar-refractivity contribution >= 4 is 24.2 Å². The van der Waals surface area contributed by atoms with Gasteiger partial charge in [0.15, 0.2) is 0 Å². The Morgan fingerprint density at radius 3 is 2.45 bits per heavy atom. The van der Waals surface area contributed by atoms with Crippen LogP contribution in [0.3, 0.4) is 0 Å². The number of halogens is 1. The molecular formula is C30H41I. The van der Waals surface area contributed by atoms with Crippen molar-refractivity contribution in [2.75, 3.05) is 0 Å². The van der Waals surface area contributed by atoms with Gasteiger partial charge in [-0.1, -0.05) is 97.5 Å². The summed E-state index contributed by atoms with van der Waals surface area (Å²) in [5.41, 5.74) is 9.52. The first kappa shape index (κ1) is 23.2. The highest BCUT2D eigenvalue weighted by molar-refractivity contribution is 14.2. The highest BCUT2D eigenvalue weighted by Crippen LogP contribution is 2.48. The number of aryl methyl sites for hydroxylation is 3. The molecule has 4 rings (SSSR count). The van der Waals surface area contributed by atoms with E-state index >= 15 is 0 Å². The van der Waals surface area contributed by atoms with Crippen molar-refractivity contribution in [1.82, 2.24) is 0 Å². The van der Waals surface area contributed by atoms with Gasteiger partial charge in [-0.2, -0.15) is 0 Å². The molecule has 0 spiro atoms. The highest BCUT2D eigenvalue weighted by atomic mass is 127. The van der Waals surface area contributed by atoms with Crippen molar-refractivity contribution in [1.29, 1.82) is 0 Å². The Bertz CT molecular complexity index is 945. The molecule has 0 amide bonds. The molecule has 1 heteroatoms. The quantitative estimate of drug-likeness (QED) is 0.316. The number of hydrogen-bond donors (Lipinski definition) is 0. The van der Waals surface area contributed by atoms with Gasteiger partial charge in [-0.25, -0.2) is 0 Å². The minimum Gasteiger partial charge on any atom is -0.0849 e. The fourth-order valence-corrected chi connectivity index (χ4v) is 10.5. The van der Waals surface area contributed by atoms with Crippen LogP contribution in [0.15, 0.2) is 30.3 Å². The summed E-state index contributed by atoms with van der Waals surface area (Å²) in [6.45, 7) is 11.9. The molecular weight excluding hydrogens is 487 g/mol. The highest BCUT2D eigenvalue weighted by Gasteiger charge is 2.36. The molecule has 168 valence electrons. The summed E-state index contributed by atoms with van der Waals surface area (Å²) in [5.74, 6) is 2.30. The largest absolute Gasteiger partial charge is 0.0849 e. The van der Waals surface area contributed by atoms with E-state index < -0.39 is 0 Å². The minimum absolute atomic E-state index is 0.0358. The molecule has 0 saturated heterocycles. The maximum Gasteiger partial charge on any atom is 0.0147 e. The maximum atomic E-state index is 2.55. The molecule has 0 aromatic heterocycles. The lowest BCUT2D eigenvalue weighted by atomic mass is 9.74. The Balaban J connectivity index is 1.67. The molecule has 2 aromatic carbocycles. The van der Waals surface area contributed by atoms with Crippen molar-refractivity contribution in [3.05, 3.63) is 67.3 Å². The molecule has 1 aliphatic carbocycles. The second-order valence-electron chi connectivity index (χ2n) is 10.1. The van der Waals surface area contributed by atoms with Gasteiger partial charge in [-0.15, -0.1) is 0 Å². The van der Waals surface area contributed by atoms with E-state index in [-0.39, 0.29) is 20.7 Å². The Morgan fingerprint density at radius 1 is 0.968 bits per heavy atom. The average Bonchev–Trinajstić information content (AvgIpc) is 3.18. The summed E-state index contributed by atoms with van der Waals surface area (Å²) in [7, 11) is 0. The number of rotatable bonds is 7. The maximum absolute atomic E-state index is 2.55. The van der Waals surface area contributed by atoms with E-state index in [4.69, 9.17) is 0 Å². The van der Waals surface area contributed by atoms with E-state index in [1.165, 1.54) is 63.4 Å². The first-order chi connectivity index (χ1) is 15.0. The molecule has 1 fully saturated rings. The van der Waals surface area contributed by atoms with Crippen molar-refractivity contribution in [3.8, 4) is 0 Å². The SMILES string of the molecule is CCCc1cc(CC(C)C2C(C3CCCCC3)=Ic3c2ccc(CC)c3C)ccc1C. The molecule has 2 aromatic rings. The van der Waals surface area contributed by atoms with Gasteiger partial charge in [0.25, 0.3) is 0 Å². The van der Waals surface area contributed by atoms with E-state index in [0.717, 1.165) is 5.92 Å². The smallest absolute Gasteiger partial charge is 0.0147 e. The summed E-state index contributed by atoms with van der Waals surface area (Å²) in [4.78, 5) is 0. The Kier molecular flexibility index (Phi) is 7.72. The van der Waals surface area contributed by atoms with Crippen LogP contribution in [0.2, 0.25) is 0 Å². The van der Waals surface area contributed by atoms with Gasteiger partial charge in [-0.3, -0.25) is 0 Å². The average molecular weight is 529 g/mol. The van der Waals surface area contributed by atoms with Gasteiger partial charge in [-0.05, 0) is 94.7 Å². The van der Waals surface area contributed by atoms with Crippen molar-refractivity contribution in [2.24, 2.45) is 11.8 Å². The van der Waals surface area contributed by atoms with E-state index in [0.29, 0.717) is 11.8 Å². The molecule has 2 unspecified atom stereocenters. The van der Waals surface area contributed by atoms with Crippen molar-refractivity contribution in [3.63, 3.8) is 0 Å². The fraction of sp³-hybridized carbons (Fsp3) is 0.567. The van der Waals surface area contributed by atoms with Crippen LogP contribution < -0.4 is 0 Å². The van der Waals surface area contributed by atoms with E-state index in [9.17, 15) is 0 Å². The standard InChI is InChI=1S/C30H41I/c1-6-11-26-19-23(15-14-20(26)3)18-21(4)28-27-17-16-24(7-2)22(5)29(27)31-30(28)25-12-9-8-10-13-25/h14-17,19,21,25,28H,6-13,18H2,1-5H3. The summed E-state index contributed by atoms with van der Waals surface area (Å²) in [6.07, 6.45) is 12.1. The zero-order valence-electron chi connectivity index (χ0n) is 20.4. The lowest BCUT2D eigenvalue weighted by molar-refractivity contribution is 0.425. The molecule has 31 heavy (non-hydrogen) atoms. The Morgan fingerprint density at radius 2 is 1.74 bits per heavy atom. The van der Waals surface area contributed by atoms with Crippen molar-refractivity contribution < 1.29 is 0 Å². The van der Waals surface area contributed by atoms with Gasteiger partial charge < -0.3 is 0 Å². The van der Waals surface area contributed by atoms with Crippen LogP contribution in [-0.2, 0) is 19.3 Å². The predicted molar refractivity (Wildman–Crippen MR) is 146 cm³/mol. The van der Waals surface area contributed by atoms with Gasteiger partial charge in [0.2, 0.25) is 0 Å². The van der Waals surface area contributed by atoms with Crippen molar-refractivity contribution in [2.45, 2.75) is 98.3 Å². The topological polar surface area (TPSA) is 0 Å². The number of benzene rings is 2. The summed E-state index contributed by atoms with van der Waals surface area (Å²) in [5, 5.41) is 0. The molecule has 0 bridgehead atoms. The van der Waals surface area contributed by atoms with Gasteiger partial charge in [0, 0.05) is 9.49 Å². The first-order valence-electron chi connectivity index (χ1n) is 12.8. The summed E-state index contributed by atoms with van der Waals surface area (Å²) in [6, 6.07) is 12.3. The zero-order chi connectivity index (χ0) is 22.0. The lowest BCUT2D eigenvalue weighted by Gasteiger charge is -2.31. The third-order valence-electron chi connectivity index (χ3n) is 7.80. The van der Waals surface area contributed by atoms with Gasteiger partial charge >= 0.3 is 0 Å². The summed E-state index contributed by atoms with van der Waals surface area (Å²) >= 11 is 0.0358. The van der Waals surface area contributed by atoms with Crippen LogP contribution in [0.5, 0.6) is 0 Å². The van der Waals surface area contributed by atoms with Crippen LogP contribution >= 0.6 is 20.7 Å². The van der Waals surface area contributed by atoms with Crippen LogP contribution in [-0.4, -0.2) is 3.51 Å². The number of hydrogen-bond acceptors (Lipinski definition) is 0. The van der Waals surface area contributed by atoms with E-state index in [2.05, 4.69) is 65.0 Å². The van der Waals surface area contributed by atoms with E-state index in [1.54, 1.807) is 31.4 Å². The third-order valence-corrected chi connectivity index (χ3v) is 11.9. The Hall–Kier alpha value is -0.960. The Labute approximate surface area is 201 Å². The number of fused-ring (bicyclic) bond motifs is 1. The predicted octanol–water partition coefficient (Wildman–Crippen LogP) is 8.69. The minimum atomic E-state index is 0.0358. The first-order valence-corrected chi connectivity index (χ1v) is 14.9. The van der Waals surface area contributed by atoms with E-state index in [1.807, 2.05) is 3.51 Å². The molecule has 2 atom stereocenters. The monoisotopic (exact) mass is 528 g/mol. The third kappa shape index (κ3) is 4.87. The van der Waals surface area contributed by atoms with Crippen LogP contribution in [0.1, 0.15) is 98.6 Å². The molecule has 0 radical (unpaired) electrons. The molecule has 0 N–H and O–H groups in total. The van der Waals surface area contributed by atoms with Crippen LogP contribution in [0.4, 0.5) is 0 Å². The fourth-order valence-electron chi connectivity index (χ4n) is 5.98. The molecule has 2 aliphatic rings. The summed E-state index contributed by atoms with van der Waals surface area (Å²) < 4.78 is 3.80. The lowest BCUT2D eigenvalue weighted by Crippen LogP contribution is -2.26. The molecule has 1 saturated carbocycles. The van der Waals surface area contributed by atoms with Crippen LogP contribution in [0.25, 0.3) is 0 Å². The molecule has 1 heterocycles. The van der Waals surface area contributed by atoms with Crippen LogP contribution in [0, 0.1) is 29.3 Å².